The van der Waals surface area contributed by atoms with Gasteiger partial charge in [-0.3, -0.25) is 4.79 Å². The number of carbonyl (C=O) groups excluding carboxylic acids is 1. The van der Waals surface area contributed by atoms with Crippen LogP contribution in [0.1, 0.15) is 23.2 Å². The molecule has 96 valence electrons. The van der Waals surface area contributed by atoms with Gasteiger partial charge in [0.1, 0.15) is 0 Å². The van der Waals surface area contributed by atoms with E-state index in [1.807, 2.05) is 12.1 Å². The quantitative estimate of drug-likeness (QED) is 0.777. The van der Waals surface area contributed by atoms with E-state index in [1.165, 1.54) is 0 Å². The van der Waals surface area contributed by atoms with Gasteiger partial charge in [-0.25, -0.2) is 0 Å². The summed E-state index contributed by atoms with van der Waals surface area (Å²) in [5.41, 5.74) is 0.750. The van der Waals surface area contributed by atoms with Crippen LogP contribution in [0.4, 0.5) is 0 Å². The van der Waals surface area contributed by atoms with Crippen molar-refractivity contribution >= 4 is 17.5 Å². The van der Waals surface area contributed by atoms with E-state index >= 15 is 0 Å². The number of hydrogen-bond acceptors (Lipinski definition) is 2. The van der Waals surface area contributed by atoms with Gasteiger partial charge in [-0.1, -0.05) is 11.6 Å². The number of piperidine rings is 1. The van der Waals surface area contributed by atoms with E-state index in [0.717, 1.165) is 44.6 Å². The summed E-state index contributed by atoms with van der Waals surface area (Å²) in [7, 11) is 0. The van der Waals surface area contributed by atoms with Crippen molar-refractivity contribution < 1.29 is 4.79 Å². The van der Waals surface area contributed by atoms with Crippen molar-refractivity contribution in [2.75, 3.05) is 26.2 Å². The fraction of sp³-hybridized carbons (Fsp3) is 0.500. The SMILES string of the molecule is O=C(c1ccc(Cl)cc1)N1CCN2CCC1CC2. The van der Waals surface area contributed by atoms with Crippen LogP contribution in [-0.4, -0.2) is 47.9 Å². The third-order valence-electron chi connectivity index (χ3n) is 4.01. The maximum absolute atomic E-state index is 12.5. The summed E-state index contributed by atoms with van der Waals surface area (Å²) in [6, 6.07) is 7.64. The Morgan fingerprint density at radius 2 is 1.72 bits per heavy atom. The van der Waals surface area contributed by atoms with Crippen LogP contribution in [0.5, 0.6) is 0 Å². The summed E-state index contributed by atoms with van der Waals surface area (Å²) < 4.78 is 0. The molecule has 3 fully saturated rings. The highest BCUT2D eigenvalue weighted by molar-refractivity contribution is 6.30. The molecule has 2 bridgehead atoms. The van der Waals surface area contributed by atoms with Crippen LogP contribution >= 0.6 is 11.6 Å². The highest BCUT2D eigenvalue weighted by Crippen LogP contribution is 2.23. The number of amides is 1. The smallest absolute Gasteiger partial charge is 0.254 e. The Balaban J connectivity index is 1.81. The Kier molecular flexibility index (Phi) is 3.27. The number of hydrogen-bond donors (Lipinski definition) is 0. The first-order valence-electron chi connectivity index (χ1n) is 6.53. The maximum Gasteiger partial charge on any atom is 0.254 e. The molecule has 0 atom stereocenters. The first-order valence-corrected chi connectivity index (χ1v) is 6.91. The van der Waals surface area contributed by atoms with Gasteiger partial charge in [0.05, 0.1) is 0 Å². The van der Waals surface area contributed by atoms with Crippen molar-refractivity contribution in [3.63, 3.8) is 0 Å². The minimum absolute atomic E-state index is 0.153. The summed E-state index contributed by atoms with van der Waals surface area (Å²) in [6.45, 7) is 4.13. The van der Waals surface area contributed by atoms with E-state index in [2.05, 4.69) is 9.80 Å². The lowest BCUT2D eigenvalue weighted by atomic mass is 10.0. The normalized spacial score (nSPS) is 27.1. The van der Waals surface area contributed by atoms with Gasteiger partial charge in [-0.2, -0.15) is 0 Å². The number of nitrogens with zero attached hydrogens (tertiary/aromatic N) is 2. The van der Waals surface area contributed by atoms with E-state index in [4.69, 9.17) is 11.6 Å². The third kappa shape index (κ3) is 2.25. The van der Waals surface area contributed by atoms with Crippen LogP contribution < -0.4 is 0 Å². The van der Waals surface area contributed by atoms with E-state index in [9.17, 15) is 4.79 Å². The molecule has 3 heterocycles. The second-order valence-electron chi connectivity index (χ2n) is 5.08. The molecule has 4 heteroatoms. The average Bonchev–Trinajstić information content (AvgIpc) is 2.72. The molecule has 4 rings (SSSR count). The number of benzene rings is 1. The van der Waals surface area contributed by atoms with E-state index in [-0.39, 0.29) is 5.91 Å². The summed E-state index contributed by atoms with van der Waals surface area (Å²) in [6.07, 6.45) is 2.22. The summed E-state index contributed by atoms with van der Waals surface area (Å²) in [4.78, 5) is 17.0. The van der Waals surface area contributed by atoms with Gasteiger partial charge in [0.2, 0.25) is 0 Å². The molecule has 1 aromatic carbocycles. The molecular formula is C14H17ClN2O. The highest BCUT2D eigenvalue weighted by atomic mass is 35.5. The van der Waals surface area contributed by atoms with Crippen molar-refractivity contribution in [2.45, 2.75) is 18.9 Å². The van der Waals surface area contributed by atoms with Crippen molar-refractivity contribution in [3.05, 3.63) is 34.9 Å². The van der Waals surface area contributed by atoms with E-state index in [0.29, 0.717) is 11.1 Å². The van der Waals surface area contributed by atoms with Crippen molar-refractivity contribution in [1.29, 1.82) is 0 Å². The van der Waals surface area contributed by atoms with E-state index in [1.54, 1.807) is 12.1 Å². The highest BCUT2D eigenvalue weighted by Gasteiger charge is 2.32. The summed E-state index contributed by atoms with van der Waals surface area (Å²) >= 11 is 5.86. The van der Waals surface area contributed by atoms with Crippen LogP contribution in [0.2, 0.25) is 5.02 Å². The van der Waals surface area contributed by atoms with Crippen LogP contribution in [0.3, 0.4) is 0 Å². The standard InChI is InChI=1S/C14H17ClN2O/c15-12-3-1-11(2-4-12)14(18)17-10-9-16-7-5-13(17)6-8-16/h1-4,13H,5-10H2. The van der Waals surface area contributed by atoms with Gasteiger partial charge >= 0.3 is 0 Å². The van der Waals surface area contributed by atoms with Gasteiger partial charge in [0, 0.05) is 42.8 Å². The molecular weight excluding hydrogens is 248 g/mol. The Bertz CT molecular complexity index is 438. The molecule has 0 unspecified atom stereocenters. The first kappa shape index (κ1) is 12.0. The second-order valence-corrected chi connectivity index (χ2v) is 5.51. The van der Waals surface area contributed by atoms with Crippen LogP contribution in [0.25, 0.3) is 0 Å². The lowest BCUT2D eigenvalue weighted by Gasteiger charge is -2.31. The number of halogens is 1. The zero-order chi connectivity index (χ0) is 12.5. The molecule has 0 radical (unpaired) electrons. The fourth-order valence-electron chi connectivity index (χ4n) is 2.91. The topological polar surface area (TPSA) is 23.6 Å². The number of rotatable bonds is 1. The van der Waals surface area contributed by atoms with Gasteiger partial charge in [0.15, 0.2) is 0 Å². The van der Waals surface area contributed by atoms with E-state index < -0.39 is 0 Å². The lowest BCUT2D eigenvalue weighted by molar-refractivity contribution is 0.0685. The van der Waals surface area contributed by atoms with Gasteiger partial charge in [-0.05, 0) is 37.1 Å². The van der Waals surface area contributed by atoms with Gasteiger partial charge < -0.3 is 9.80 Å². The average molecular weight is 265 g/mol. The monoisotopic (exact) mass is 264 g/mol. The molecule has 0 aromatic heterocycles. The number of fused-ring (bicyclic) bond motifs is 4. The maximum atomic E-state index is 12.5. The predicted molar refractivity (Wildman–Crippen MR) is 72.0 cm³/mol. The largest absolute Gasteiger partial charge is 0.334 e. The van der Waals surface area contributed by atoms with Crippen LogP contribution in [0.15, 0.2) is 24.3 Å². The molecule has 0 aliphatic carbocycles. The molecule has 1 aromatic rings. The minimum Gasteiger partial charge on any atom is -0.334 e. The molecule has 0 spiro atoms. The van der Waals surface area contributed by atoms with Gasteiger partial charge in [-0.15, -0.1) is 0 Å². The summed E-state index contributed by atoms with van der Waals surface area (Å²) in [5.74, 6) is 0.153. The third-order valence-corrected chi connectivity index (χ3v) is 4.26. The lowest BCUT2D eigenvalue weighted by Crippen LogP contribution is -2.41. The summed E-state index contributed by atoms with van der Waals surface area (Å²) in [5, 5.41) is 0.675. The number of carbonyl (C=O) groups is 1. The zero-order valence-electron chi connectivity index (χ0n) is 10.3. The fourth-order valence-corrected chi connectivity index (χ4v) is 3.04. The molecule has 0 N–H and O–H groups in total. The molecule has 18 heavy (non-hydrogen) atoms. The first-order chi connectivity index (χ1) is 8.74. The van der Waals surface area contributed by atoms with Crippen molar-refractivity contribution in [2.24, 2.45) is 0 Å². The molecule has 3 nitrogen and oxygen atoms in total. The molecule has 0 saturated carbocycles. The van der Waals surface area contributed by atoms with Crippen molar-refractivity contribution in [1.82, 2.24) is 9.80 Å². The Morgan fingerprint density at radius 1 is 1.06 bits per heavy atom. The Labute approximate surface area is 112 Å². The second kappa shape index (κ2) is 4.90. The molecule has 3 aliphatic rings. The molecule has 3 saturated heterocycles. The molecule has 3 aliphatic heterocycles. The Hall–Kier alpha value is -1.06. The Morgan fingerprint density at radius 3 is 2.39 bits per heavy atom. The van der Waals surface area contributed by atoms with Gasteiger partial charge in [0.25, 0.3) is 5.91 Å². The minimum atomic E-state index is 0.153. The molecule has 1 amide bonds. The van der Waals surface area contributed by atoms with Crippen LogP contribution in [-0.2, 0) is 0 Å². The predicted octanol–water partition coefficient (Wildman–Crippen LogP) is 2.26. The van der Waals surface area contributed by atoms with Crippen LogP contribution in [0, 0.1) is 0 Å². The van der Waals surface area contributed by atoms with Crippen molar-refractivity contribution in [3.8, 4) is 0 Å². The zero-order valence-corrected chi connectivity index (χ0v) is 11.1.